The number of hydrogen-bond donors (Lipinski definition) is 4. The minimum Gasteiger partial charge on any atom is -0.391 e. The summed E-state index contributed by atoms with van der Waals surface area (Å²) in [7, 11) is 0. The highest BCUT2D eigenvalue weighted by molar-refractivity contribution is 5.89. The first-order valence-corrected chi connectivity index (χ1v) is 13.4. The highest BCUT2D eigenvalue weighted by Crippen LogP contribution is 2.23. The first kappa shape index (κ1) is 31.7. The molecule has 2 rings (SSSR count). The van der Waals surface area contributed by atoms with E-state index in [2.05, 4.69) is 5.32 Å². The summed E-state index contributed by atoms with van der Waals surface area (Å²) in [5.41, 5.74) is 12.9. The molecule has 214 valence electrons. The Morgan fingerprint density at radius 2 is 1.84 bits per heavy atom. The third-order valence-corrected chi connectivity index (χ3v) is 6.74. The van der Waals surface area contributed by atoms with E-state index in [1.54, 1.807) is 4.90 Å². The molecule has 1 saturated heterocycles. The van der Waals surface area contributed by atoms with Crippen molar-refractivity contribution in [2.75, 3.05) is 26.3 Å². The minimum atomic E-state index is -0.680. The largest absolute Gasteiger partial charge is 0.391 e. The van der Waals surface area contributed by atoms with Crippen molar-refractivity contribution in [1.82, 2.24) is 10.2 Å². The number of carbonyl (C=O) groups excluding carboxylic acids is 3. The van der Waals surface area contributed by atoms with Gasteiger partial charge in [0.15, 0.2) is 0 Å². The van der Waals surface area contributed by atoms with Crippen LogP contribution in [-0.2, 0) is 36.9 Å². The number of aliphatic hydroxyl groups is 1. The SMILES string of the molecule is C[C@@H](OCc1ccc(CCCOCC(=O)N[C@H](C(=O)N2CC[C@@H](O)C2)C(C)(C)C)cc1)[C@@H](N)CCC(N)=O. The van der Waals surface area contributed by atoms with Gasteiger partial charge in [-0.25, -0.2) is 0 Å². The molecule has 3 amide bonds. The van der Waals surface area contributed by atoms with Crippen LogP contribution in [0.25, 0.3) is 0 Å². The van der Waals surface area contributed by atoms with Crippen LogP contribution >= 0.6 is 0 Å². The minimum absolute atomic E-state index is 0.113. The molecule has 0 radical (unpaired) electrons. The van der Waals surface area contributed by atoms with E-state index in [-0.39, 0.29) is 42.9 Å². The lowest BCUT2D eigenvalue weighted by Crippen LogP contribution is -2.55. The van der Waals surface area contributed by atoms with Gasteiger partial charge in [0.1, 0.15) is 12.6 Å². The van der Waals surface area contributed by atoms with Gasteiger partial charge < -0.3 is 36.3 Å². The third kappa shape index (κ3) is 11.1. The van der Waals surface area contributed by atoms with Crippen molar-refractivity contribution in [2.24, 2.45) is 16.9 Å². The number of likely N-dealkylation sites (tertiary alicyclic amines) is 1. The lowest BCUT2D eigenvalue weighted by Gasteiger charge is -2.33. The molecule has 0 aliphatic carbocycles. The average Bonchev–Trinajstić information content (AvgIpc) is 3.30. The highest BCUT2D eigenvalue weighted by Gasteiger charge is 2.37. The molecule has 1 heterocycles. The number of aryl methyl sites for hydroxylation is 1. The van der Waals surface area contributed by atoms with E-state index >= 15 is 0 Å². The summed E-state index contributed by atoms with van der Waals surface area (Å²) in [6.07, 6.45) is 2.17. The number of ether oxygens (including phenoxy) is 2. The lowest BCUT2D eigenvalue weighted by molar-refractivity contribution is -0.140. The van der Waals surface area contributed by atoms with Gasteiger partial charge in [-0.1, -0.05) is 45.0 Å². The van der Waals surface area contributed by atoms with Gasteiger partial charge in [0.25, 0.3) is 0 Å². The van der Waals surface area contributed by atoms with E-state index in [9.17, 15) is 19.5 Å². The van der Waals surface area contributed by atoms with Gasteiger partial charge in [-0.2, -0.15) is 0 Å². The van der Waals surface area contributed by atoms with Crippen LogP contribution in [0, 0.1) is 5.41 Å². The van der Waals surface area contributed by atoms with Crippen LogP contribution in [-0.4, -0.2) is 78.3 Å². The maximum Gasteiger partial charge on any atom is 0.246 e. The van der Waals surface area contributed by atoms with E-state index in [1.165, 1.54) is 0 Å². The molecule has 1 aromatic rings. The molecule has 1 aliphatic heterocycles. The van der Waals surface area contributed by atoms with Crippen molar-refractivity contribution in [2.45, 2.75) is 90.7 Å². The molecule has 10 heteroatoms. The van der Waals surface area contributed by atoms with Crippen LogP contribution in [0.5, 0.6) is 0 Å². The summed E-state index contributed by atoms with van der Waals surface area (Å²) in [6.45, 7) is 9.15. The number of aliphatic hydroxyl groups excluding tert-OH is 1. The van der Waals surface area contributed by atoms with Crippen LogP contribution < -0.4 is 16.8 Å². The summed E-state index contributed by atoms with van der Waals surface area (Å²) < 4.78 is 11.4. The van der Waals surface area contributed by atoms with Gasteiger partial charge in [-0.15, -0.1) is 0 Å². The van der Waals surface area contributed by atoms with Crippen molar-refractivity contribution < 1.29 is 29.0 Å². The second kappa shape index (κ2) is 15.2. The van der Waals surface area contributed by atoms with E-state index in [4.69, 9.17) is 20.9 Å². The fraction of sp³-hybridized carbons (Fsp3) is 0.679. The normalized spacial score (nSPS) is 18.2. The second-order valence-corrected chi connectivity index (χ2v) is 11.3. The van der Waals surface area contributed by atoms with Crippen LogP contribution in [0.15, 0.2) is 24.3 Å². The Bertz CT molecular complexity index is 902. The topological polar surface area (TPSA) is 157 Å². The van der Waals surface area contributed by atoms with Crippen LogP contribution in [0.3, 0.4) is 0 Å². The van der Waals surface area contributed by atoms with Gasteiger partial charge in [0, 0.05) is 32.2 Å². The molecule has 4 atom stereocenters. The second-order valence-electron chi connectivity index (χ2n) is 11.3. The summed E-state index contributed by atoms with van der Waals surface area (Å²) in [5.74, 6) is -0.861. The fourth-order valence-corrected chi connectivity index (χ4v) is 4.22. The Morgan fingerprint density at radius 1 is 1.18 bits per heavy atom. The molecule has 0 unspecified atom stereocenters. The van der Waals surface area contributed by atoms with Gasteiger partial charge in [0.2, 0.25) is 17.7 Å². The molecule has 38 heavy (non-hydrogen) atoms. The zero-order valence-corrected chi connectivity index (χ0v) is 23.3. The van der Waals surface area contributed by atoms with Crippen LogP contribution in [0.2, 0.25) is 0 Å². The lowest BCUT2D eigenvalue weighted by atomic mass is 9.85. The number of carbonyl (C=O) groups is 3. The standard InChI is InChI=1S/C28H46N4O6/c1-19(23(29)11-12-24(30)34)38-17-21-9-7-20(8-10-21)6-5-15-37-18-25(35)31-26(28(2,3)4)27(36)32-14-13-22(33)16-32/h7-10,19,22-23,26,33H,5-6,11-18,29H2,1-4H3,(H2,30,34)(H,31,35)/t19-,22-,23+,26-/m1/s1. The molecule has 1 aromatic carbocycles. The smallest absolute Gasteiger partial charge is 0.246 e. The maximum absolute atomic E-state index is 12.9. The average molecular weight is 535 g/mol. The van der Waals surface area contributed by atoms with Gasteiger partial charge in [0.05, 0.1) is 18.8 Å². The van der Waals surface area contributed by atoms with Crippen molar-refractivity contribution >= 4 is 17.7 Å². The number of nitrogens with two attached hydrogens (primary N) is 2. The maximum atomic E-state index is 12.9. The molecule has 6 N–H and O–H groups in total. The molecular formula is C28H46N4O6. The number of nitrogens with one attached hydrogen (secondary N) is 1. The number of nitrogens with zero attached hydrogens (tertiary/aromatic N) is 1. The Kier molecular flexibility index (Phi) is 12.6. The molecule has 0 aromatic heterocycles. The quantitative estimate of drug-likeness (QED) is 0.247. The van der Waals surface area contributed by atoms with Gasteiger partial charge in [-0.05, 0) is 49.1 Å². The molecule has 0 bridgehead atoms. The molecule has 0 spiro atoms. The number of hydrogen-bond acceptors (Lipinski definition) is 7. The number of rotatable bonds is 15. The Morgan fingerprint density at radius 3 is 2.42 bits per heavy atom. The summed E-state index contributed by atoms with van der Waals surface area (Å²) >= 11 is 0. The van der Waals surface area contributed by atoms with E-state index in [0.29, 0.717) is 39.1 Å². The van der Waals surface area contributed by atoms with Crippen molar-refractivity contribution in [3.8, 4) is 0 Å². The third-order valence-electron chi connectivity index (χ3n) is 6.74. The number of β-amino-alcohol motifs (C(OH)–C–C–N with tert-alkyl or cyclic N) is 1. The fourth-order valence-electron chi connectivity index (χ4n) is 4.22. The predicted molar refractivity (Wildman–Crippen MR) is 145 cm³/mol. The van der Waals surface area contributed by atoms with Crippen molar-refractivity contribution in [1.29, 1.82) is 0 Å². The molecule has 1 fully saturated rings. The van der Waals surface area contributed by atoms with Gasteiger partial charge >= 0.3 is 0 Å². The summed E-state index contributed by atoms with van der Waals surface area (Å²) in [6, 6.07) is 7.17. The monoisotopic (exact) mass is 534 g/mol. The van der Waals surface area contributed by atoms with E-state index in [0.717, 1.165) is 24.0 Å². The van der Waals surface area contributed by atoms with E-state index in [1.807, 2.05) is 52.0 Å². The summed E-state index contributed by atoms with van der Waals surface area (Å²) in [5, 5.41) is 12.6. The number of primary amides is 1. The molecule has 10 nitrogen and oxygen atoms in total. The van der Waals surface area contributed by atoms with Gasteiger partial charge in [-0.3, -0.25) is 14.4 Å². The summed E-state index contributed by atoms with van der Waals surface area (Å²) in [4.78, 5) is 37.9. The number of benzene rings is 1. The molecule has 1 aliphatic rings. The molecular weight excluding hydrogens is 488 g/mol. The Balaban J connectivity index is 1.67. The predicted octanol–water partition coefficient (Wildman–Crippen LogP) is 1.26. The van der Waals surface area contributed by atoms with E-state index < -0.39 is 17.6 Å². The first-order chi connectivity index (χ1) is 17.9. The number of amides is 3. The zero-order valence-electron chi connectivity index (χ0n) is 23.3. The van der Waals surface area contributed by atoms with Crippen molar-refractivity contribution in [3.63, 3.8) is 0 Å². The highest BCUT2D eigenvalue weighted by atomic mass is 16.5. The van der Waals surface area contributed by atoms with Crippen LogP contribution in [0.4, 0.5) is 0 Å². The van der Waals surface area contributed by atoms with Crippen molar-refractivity contribution in [3.05, 3.63) is 35.4 Å². The Labute approximate surface area is 226 Å². The molecule has 0 saturated carbocycles. The van der Waals surface area contributed by atoms with Crippen LogP contribution in [0.1, 0.15) is 64.5 Å². The Hall–Kier alpha value is -2.53. The zero-order chi connectivity index (χ0) is 28.3. The first-order valence-electron chi connectivity index (χ1n) is 13.4.